The summed E-state index contributed by atoms with van der Waals surface area (Å²) < 4.78 is 38.6. The number of fused-ring (bicyclic) bond motifs is 1. The lowest BCUT2D eigenvalue weighted by Crippen LogP contribution is -2.60. The molecule has 1 unspecified atom stereocenters. The molecule has 3 aromatic carbocycles. The van der Waals surface area contributed by atoms with Crippen molar-refractivity contribution in [2.75, 3.05) is 27.4 Å². The van der Waals surface area contributed by atoms with Crippen LogP contribution >= 0.6 is 0 Å². The van der Waals surface area contributed by atoms with E-state index in [9.17, 15) is 65.8 Å². The van der Waals surface area contributed by atoms with E-state index in [0.29, 0.717) is 5.56 Å². The van der Waals surface area contributed by atoms with Crippen molar-refractivity contribution in [1.82, 2.24) is 0 Å². The number of esters is 1. The zero-order valence-corrected chi connectivity index (χ0v) is 30.5. The number of carbonyl (C=O) groups is 1. The van der Waals surface area contributed by atoms with Crippen LogP contribution in [-0.4, -0.2) is 145 Å². The topological polar surface area (TPSA) is 325 Å². The zero-order chi connectivity index (χ0) is 42.2. The van der Waals surface area contributed by atoms with E-state index < -0.39 is 125 Å². The summed E-state index contributed by atoms with van der Waals surface area (Å²) in [7, 11) is 2.63. The van der Waals surface area contributed by atoms with E-state index in [1.165, 1.54) is 38.5 Å². The molecule has 11 N–H and O–H groups in total. The average Bonchev–Trinajstić information content (AvgIpc) is 3.20. The lowest BCUT2D eigenvalue weighted by atomic mass is 9.89. The van der Waals surface area contributed by atoms with Crippen LogP contribution in [0, 0.1) is 0 Å². The first kappa shape index (κ1) is 41.9. The Morgan fingerprint density at radius 2 is 1.40 bits per heavy atom. The van der Waals surface area contributed by atoms with Gasteiger partial charge in [-0.05, 0) is 42.0 Å². The number of hydrogen-bond donors (Lipinski definition) is 11. The van der Waals surface area contributed by atoms with Gasteiger partial charge in [-0.2, -0.15) is 0 Å². The number of rotatable bonds is 11. The van der Waals surface area contributed by atoms with Gasteiger partial charge in [0.05, 0.1) is 26.4 Å². The predicted octanol–water partition coefficient (Wildman–Crippen LogP) is -0.743. The third-order valence-corrected chi connectivity index (χ3v) is 9.65. The molecule has 0 amide bonds. The van der Waals surface area contributed by atoms with Gasteiger partial charge in [-0.3, -0.25) is 4.79 Å². The molecule has 20 heteroatoms. The molecule has 0 radical (unpaired) electrons. The normalized spacial score (nSPS) is 27.4. The Morgan fingerprint density at radius 1 is 0.741 bits per heavy atom. The van der Waals surface area contributed by atoms with Gasteiger partial charge in [0.25, 0.3) is 0 Å². The van der Waals surface area contributed by atoms with Gasteiger partial charge < -0.3 is 89.0 Å². The number of methoxy groups -OCH3 is 2. The van der Waals surface area contributed by atoms with Crippen molar-refractivity contribution < 1.29 is 93.8 Å². The van der Waals surface area contributed by atoms with Crippen LogP contribution in [-0.2, 0) is 19.0 Å². The maximum atomic E-state index is 13.5. The van der Waals surface area contributed by atoms with Crippen LogP contribution in [0.1, 0.15) is 17.2 Å². The second-order valence-corrected chi connectivity index (χ2v) is 13.3. The number of hydrogen-bond acceptors (Lipinski definition) is 20. The first-order valence-electron chi connectivity index (χ1n) is 17.4. The number of phenolic OH excluding ortho intramolecular Hbond substituents is 4. The maximum Gasteiger partial charge on any atom is 0.330 e. The van der Waals surface area contributed by atoms with E-state index in [1.807, 2.05) is 0 Å². The minimum absolute atomic E-state index is 0.0549. The molecule has 0 aliphatic carbocycles. The monoisotopic (exact) mass is 816 g/mol. The van der Waals surface area contributed by atoms with Gasteiger partial charge in [-0.25, -0.2) is 4.79 Å². The molecule has 4 aromatic rings. The summed E-state index contributed by atoms with van der Waals surface area (Å²) in [6.07, 6.45) is -16.4. The minimum atomic E-state index is -2.06. The minimum Gasteiger partial charge on any atom is -0.506 e. The van der Waals surface area contributed by atoms with Crippen LogP contribution in [0.2, 0.25) is 0 Å². The molecule has 1 aromatic heterocycles. The van der Waals surface area contributed by atoms with E-state index in [1.54, 1.807) is 0 Å². The van der Waals surface area contributed by atoms with Gasteiger partial charge >= 0.3 is 5.97 Å². The SMILES string of the molecule is COc1cc(/C=C/C(=O)OC[C@H]2OC(Oc3cc4oc(-c5ccc(O)c(O)c5)cc(=O)c4c(O)c3[C@@H]3O[C@H](CO)[C@@H](O)[C@H](O)[C@H]3O)[C@H](O)[C@@H](O)[C@@H]2O)cc(OC)c1O. The number of aromatic hydroxyl groups is 4. The Bertz CT molecular complexity index is 2210. The molecule has 10 atom stereocenters. The molecule has 2 aliphatic rings. The molecule has 2 fully saturated rings. The summed E-state index contributed by atoms with van der Waals surface area (Å²) >= 11 is 0. The fraction of sp³-hybridized carbons (Fsp3) is 0.368. The molecule has 20 nitrogen and oxygen atoms in total. The molecule has 2 aliphatic heterocycles. The highest BCUT2D eigenvalue weighted by Gasteiger charge is 2.49. The number of ether oxygens (including phenoxy) is 6. The van der Waals surface area contributed by atoms with Crippen molar-refractivity contribution in [1.29, 1.82) is 0 Å². The van der Waals surface area contributed by atoms with Crippen molar-refractivity contribution in [2.24, 2.45) is 0 Å². The molecule has 58 heavy (non-hydrogen) atoms. The van der Waals surface area contributed by atoms with E-state index in [4.69, 9.17) is 32.8 Å². The number of phenols is 4. The van der Waals surface area contributed by atoms with Gasteiger partial charge in [-0.15, -0.1) is 0 Å². The summed E-state index contributed by atoms with van der Waals surface area (Å²) in [4.78, 5) is 26.2. The molecule has 6 rings (SSSR count). The first-order valence-corrected chi connectivity index (χ1v) is 17.4. The second-order valence-electron chi connectivity index (χ2n) is 13.3. The standard InChI is InChI=1S/C38H40O20/c1-52-22-7-14(8-23(53-2)29(22)44)3-6-26(43)54-13-25-31(46)34(49)36(51)38(58-25)57-21-11-20-27(18(42)10-19(55-20)15-4-5-16(40)17(41)9-15)32(47)28(21)37-35(50)33(48)30(45)24(12-39)56-37/h3-11,24-25,30-31,33-41,44-51H,12-13H2,1-2H3/b6-3+/t24-,25-,30-,31-,33+,34+,35-,36-,37+,38?/m1/s1. The van der Waals surface area contributed by atoms with Crippen LogP contribution in [0.3, 0.4) is 0 Å². The average molecular weight is 817 g/mol. The molecule has 312 valence electrons. The first-order chi connectivity index (χ1) is 27.6. The van der Waals surface area contributed by atoms with Crippen molar-refractivity contribution in [3.05, 3.63) is 69.9 Å². The maximum absolute atomic E-state index is 13.5. The fourth-order valence-corrected chi connectivity index (χ4v) is 6.49. The van der Waals surface area contributed by atoms with Crippen molar-refractivity contribution in [3.63, 3.8) is 0 Å². The Morgan fingerprint density at radius 3 is 2.03 bits per heavy atom. The van der Waals surface area contributed by atoms with Crippen LogP contribution in [0.15, 0.2) is 57.8 Å². The second kappa shape index (κ2) is 17.0. The fourth-order valence-electron chi connectivity index (χ4n) is 6.49. The zero-order valence-electron chi connectivity index (χ0n) is 30.5. The number of benzene rings is 3. The Hall–Kier alpha value is -5.68. The van der Waals surface area contributed by atoms with Crippen LogP contribution in [0.4, 0.5) is 0 Å². The van der Waals surface area contributed by atoms with Crippen LogP contribution in [0.5, 0.6) is 40.2 Å². The largest absolute Gasteiger partial charge is 0.506 e. The third kappa shape index (κ3) is 8.05. The lowest BCUT2D eigenvalue weighted by molar-refractivity contribution is -0.279. The summed E-state index contributed by atoms with van der Waals surface area (Å²) in [6.45, 7) is -1.60. The summed E-state index contributed by atoms with van der Waals surface area (Å²) in [6, 6.07) is 8.27. The highest BCUT2D eigenvalue weighted by molar-refractivity contribution is 5.89. The molecular weight excluding hydrogens is 776 g/mol. The molecule has 0 bridgehead atoms. The van der Waals surface area contributed by atoms with Crippen LogP contribution in [0.25, 0.3) is 28.4 Å². The molecule has 2 saturated heterocycles. The summed E-state index contributed by atoms with van der Waals surface area (Å²) in [5.41, 5.74) is -1.39. The lowest BCUT2D eigenvalue weighted by Gasteiger charge is -2.42. The van der Waals surface area contributed by atoms with Crippen molar-refractivity contribution >= 4 is 23.0 Å². The van der Waals surface area contributed by atoms with Crippen molar-refractivity contribution in [2.45, 2.75) is 61.2 Å². The highest BCUT2D eigenvalue weighted by atomic mass is 16.7. The van der Waals surface area contributed by atoms with E-state index in [0.717, 1.165) is 30.3 Å². The van der Waals surface area contributed by atoms with Gasteiger partial charge in [-0.1, -0.05) is 0 Å². The van der Waals surface area contributed by atoms with E-state index in [2.05, 4.69) is 0 Å². The van der Waals surface area contributed by atoms with Gasteiger partial charge in [0, 0.05) is 23.8 Å². The number of aliphatic hydroxyl groups is 7. The van der Waals surface area contributed by atoms with Crippen LogP contribution < -0.4 is 19.6 Å². The molecule has 0 saturated carbocycles. The van der Waals surface area contributed by atoms with Gasteiger partial charge in [0.2, 0.25) is 12.0 Å². The molecule has 0 spiro atoms. The summed E-state index contributed by atoms with van der Waals surface area (Å²) in [5.74, 6) is -3.84. The smallest absolute Gasteiger partial charge is 0.330 e. The number of carbonyl (C=O) groups excluding carboxylic acids is 1. The third-order valence-electron chi connectivity index (χ3n) is 9.65. The van der Waals surface area contributed by atoms with E-state index in [-0.39, 0.29) is 28.6 Å². The molecule has 3 heterocycles. The van der Waals surface area contributed by atoms with Crippen molar-refractivity contribution in [3.8, 4) is 51.6 Å². The summed E-state index contributed by atoms with van der Waals surface area (Å²) in [5, 5.41) is 115. The van der Waals surface area contributed by atoms with E-state index >= 15 is 0 Å². The van der Waals surface area contributed by atoms with Gasteiger partial charge in [0.1, 0.15) is 89.8 Å². The Balaban J connectivity index is 1.33. The quantitative estimate of drug-likeness (QED) is 0.0504. The Labute approximate surface area is 326 Å². The molecular formula is C38H40O20. The predicted molar refractivity (Wildman–Crippen MR) is 194 cm³/mol. The highest BCUT2D eigenvalue weighted by Crippen LogP contribution is 2.46. The Kier molecular flexibility index (Phi) is 12.3. The number of aliphatic hydroxyl groups excluding tert-OH is 7. The van der Waals surface area contributed by atoms with Gasteiger partial charge in [0.15, 0.2) is 28.4 Å².